The maximum atomic E-state index is 12.4. The second-order valence-electron chi connectivity index (χ2n) is 9.45. The maximum absolute atomic E-state index is 12.4. The summed E-state index contributed by atoms with van der Waals surface area (Å²) in [6.45, 7) is 9.55. The van der Waals surface area contributed by atoms with Crippen LogP contribution in [0.2, 0.25) is 0 Å². The standard InChI is InChI=1S/C26H34N4O2/c1-26(2,3)28-25(31)29(4)23-14-16-30(19-23)15-5-17-32-24-12-10-22(11-13-24)21-8-6-20(18-27)7-9-21/h6-13,23H,5,14-17,19H2,1-4H3,(H,28,31)/t23-/m1/s1. The van der Waals surface area contributed by atoms with Gasteiger partial charge < -0.3 is 19.9 Å². The third-order valence-corrected chi connectivity index (χ3v) is 5.69. The third-order valence-electron chi connectivity index (χ3n) is 5.69. The zero-order valence-corrected chi connectivity index (χ0v) is 19.6. The summed E-state index contributed by atoms with van der Waals surface area (Å²) in [6.07, 6.45) is 1.95. The second kappa shape index (κ2) is 10.5. The molecule has 2 amide bonds. The van der Waals surface area contributed by atoms with Crippen molar-refractivity contribution in [1.82, 2.24) is 15.1 Å². The van der Waals surface area contributed by atoms with E-state index >= 15 is 0 Å². The van der Waals surface area contributed by atoms with Crippen molar-refractivity contribution in [3.63, 3.8) is 0 Å². The average Bonchev–Trinajstić information content (AvgIpc) is 3.24. The number of hydrogen-bond acceptors (Lipinski definition) is 4. The van der Waals surface area contributed by atoms with E-state index < -0.39 is 0 Å². The first-order valence-corrected chi connectivity index (χ1v) is 11.3. The molecule has 6 nitrogen and oxygen atoms in total. The normalized spacial score (nSPS) is 16.4. The summed E-state index contributed by atoms with van der Waals surface area (Å²) < 4.78 is 5.92. The lowest BCUT2D eigenvalue weighted by Crippen LogP contribution is -2.50. The van der Waals surface area contributed by atoms with Gasteiger partial charge in [-0.25, -0.2) is 4.79 Å². The molecule has 0 bridgehead atoms. The van der Waals surface area contributed by atoms with E-state index in [1.165, 1.54) is 0 Å². The van der Waals surface area contributed by atoms with Crippen LogP contribution in [-0.2, 0) is 0 Å². The van der Waals surface area contributed by atoms with E-state index in [1.807, 2.05) is 81.2 Å². The monoisotopic (exact) mass is 434 g/mol. The molecule has 1 heterocycles. The average molecular weight is 435 g/mol. The predicted octanol–water partition coefficient (Wildman–Crippen LogP) is 4.51. The van der Waals surface area contributed by atoms with Crippen LogP contribution in [0.1, 0.15) is 39.2 Å². The van der Waals surface area contributed by atoms with Crippen LogP contribution < -0.4 is 10.1 Å². The van der Waals surface area contributed by atoms with Crippen molar-refractivity contribution in [3.05, 3.63) is 54.1 Å². The topological polar surface area (TPSA) is 68.6 Å². The van der Waals surface area contributed by atoms with Crippen LogP contribution >= 0.6 is 0 Å². The molecule has 0 aromatic heterocycles. The van der Waals surface area contributed by atoms with E-state index in [0.29, 0.717) is 12.2 Å². The molecule has 6 heteroatoms. The predicted molar refractivity (Wildman–Crippen MR) is 128 cm³/mol. The van der Waals surface area contributed by atoms with E-state index in [0.717, 1.165) is 49.4 Å². The minimum Gasteiger partial charge on any atom is -0.494 e. The molecular weight excluding hydrogens is 400 g/mol. The van der Waals surface area contributed by atoms with Crippen LogP contribution in [0.4, 0.5) is 4.79 Å². The zero-order chi connectivity index (χ0) is 23.1. The molecule has 2 aromatic rings. The number of nitriles is 1. The van der Waals surface area contributed by atoms with Crippen molar-refractivity contribution in [2.45, 2.75) is 45.2 Å². The number of carbonyl (C=O) groups is 1. The number of rotatable bonds is 7. The lowest BCUT2D eigenvalue weighted by molar-refractivity contribution is 0.179. The number of nitrogens with one attached hydrogen (secondary N) is 1. The van der Waals surface area contributed by atoms with Gasteiger partial charge in [0.15, 0.2) is 0 Å². The van der Waals surface area contributed by atoms with Crippen LogP contribution in [0, 0.1) is 11.3 Å². The maximum Gasteiger partial charge on any atom is 0.317 e. The first kappa shape index (κ1) is 23.6. The molecule has 32 heavy (non-hydrogen) atoms. The number of ether oxygens (including phenoxy) is 1. The second-order valence-corrected chi connectivity index (χ2v) is 9.45. The number of hydrogen-bond donors (Lipinski definition) is 1. The highest BCUT2D eigenvalue weighted by Gasteiger charge is 2.29. The first-order chi connectivity index (χ1) is 15.2. The third kappa shape index (κ3) is 6.73. The zero-order valence-electron chi connectivity index (χ0n) is 19.6. The Kier molecular flexibility index (Phi) is 7.76. The lowest BCUT2D eigenvalue weighted by atomic mass is 10.0. The number of likely N-dealkylation sites (N-methyl/N-ethyl adjacent to an activating group) is 1. The van der Waals surface area contributed by atoms with Gasteiger partial charge in [0.2, 0.25) is 0 Å². The molecule has 2 aromatic carbocycles. The number of likely N-dealkylation sites (tertiary alicyclic amines) is 1. The number of benzene rings is 2. The molecule has 1 atom stereocenters. The van der Waals surface area contributed by atoms with Gasteiger partial charge in [0.05, 0.1) is 18.2 Å². The summed E-state index contributed by atoms with van der Waals surface area (Å²) in [5, 5.41) is 12.0. The number of nitrogens with zero attached hydrogens (tertiary/aromatic N) is 3. The van der Waals surface area contributed by atoms with E-state index in [9.17, 15) is 4.79 Å². The Hall–Kier alpha value is -3.04. The summed E-state index contributed by atoms with van der Waals surface area (Å²) in [6, 6.07) is 18.0. The molecular formula is C26H34N4O2. The Labute approximate surface area is 191 Å². The number of amides is 2. The van der Waals surface area contributed by atoms with Gasteiger partial charge in [0.1, 0.15) is 5.75 Å². The highest BCUT2D eigenvalue weighted by molar-refractivity contribution is 5.75. The molecule has 1 N–H and O–H groups in total. The summed E-state index contributed by atoms with van der Waals surface area (Å²) >= 11 is 0. The van der Waals surface area contributed by atoms with Crippen molar-refractivity contribution >= 4 is 6.03 Å². The highest BCUT2D eigenvalue weighted by atomic mass is 16.5. The van der Waals surface area contributed by atoms with Gasteiger partial charge in [-0.05, 0) is 69.0 Å². The van der Waals surface area contributed by atoms with E-state index in [-0.39, 0.29) is 17.6 Å². The first-order valence-electron chi connectivity index (χ1n) is 11.3. The van der Waals surface area contributed by atoms with Gasteiger partial charge in [-0.3, -0.25) is 0 Å². The summed E-state index contributed by atoms with van der Waals surface area (Å²) in [4.78, 5) is 16.6. The fourth-order valence-electron chi connectivity index (χ4n) is 3.87. The van der Waals surface area contributed by atoms with Gasteiger partial charge in [0, 0.05) is 38.3 Å². The molecule has 0 radical (unpaired) electrons. The molecule has 0 saturated carbocycles. The molecule has 0 spiro atoms. The molecule has 1 fully saturated rings. The Balaban J connectivity index is 1.38. The molecule has 170 valence electrons. The minimum atomic E-state index is -0.221. The van der Waals surface area contributed by atoms with Gasteiger partial charge in [-0.1, -0.05) is 24.3 Å². The van der Waals surface area contributed by atoms with Crippen LogP contribution in [0.5, 0.6) is 5.75 Å². The minimum absolute atomic E-state index is 0.00265. The Morgan fingerprint density at radius 1 is 1.16 bits per heavy atom. The Morgan fingerprint density at radius 2 is 1.78 bits per heavy atom. The largest absolute Gasteiger partial charge is 0.494 e. The SMILES string of the molecule is CN(C(=O)NC(C)(C)C)[C@@H]1CCN(CCCOc2ccc(-c3ccc(C#N)cc3)cc2)C1. The highest BCUT2D eigenvalue weighted by Crippen LogP contribution is 2.23. The van der Waals surface area contributed by atoms with E-state index in [4.69, 9.17) is 10.00 Å². The lowest BCUT2D eigenvalue weighted by Gasteiger charge is -2.29. The number of carbonyl (C=O) groups excluding carboxylic acids is 1. The van der Waals surface area contributed by atoms with Gasteiger partial charge >= 0.3 is 6.03 Å². The van der Waals surface area contributed by atoms with E-state index in [2.05, 4.69) is 16.3 Å². The number of urea groups is 1. The Bertz CT molecular complexity index is 926. The fraction of sp³-hybridized carbons (Fsp3) is 0.462. The molecule has 0 aliphatic carbocycles. The molecule has 1 aliphatic heterocycles. The summed E-state index contributed by atoms with van der Waals surface area (Å²) in [7, 11) is 1.89. The Morgan fingerprint density at radius 3 is 2.38 bits per heavy atom. The van der Waals surface area contributed by atoms with Gasteiger partial charge in [0.25, 0.3) is 0 Å². The van der Waals surface area contributed by atoms with Crippen LogP contribution in [0.25, 0.3) is 11.1 Å². The summed E-state index contributed by atoms with van der Waals surface area (Å²) in [5.74, 6) is 0.861. The quantitative estimate of drug-likeness (QED) is 0.651. The van der Waals surface area contributed by atoms with Crippen LogP contribution in [0.3, 0.4) is 0 Å². The van der Waals surface area contributed by atoms with Crippen LogP contribution in [0.15, 0.2) is 48.5 Å². The van der Waals surface area contributed by atoms with Crippen molar-refractivity contribution in [2.24, 2.45) is 0 Å². The van der Waals surface area contributed by atoms with E-state index in [1.54, 1.807) is 0 Å². The summed E-state index contributed by atoms with van der Waals surface area (Å²) in [5.41, 5.74) is 2.63. The van der Waals surface area contributed by atoms with Crippen molar-refractivity contribution in [1.29, 1.82) is 5.26 Å². The van der Waals surface area contributed by atoms with Crippen molar-refractivity contribution < 1.29 is 9.53 Å². The van der Waals surface area contributed by atoms with Crippen LogP contribution in [-0.4, -0.2) is 60.7 Å². The smallest absolute Gasteiger partial charge is 0.317 e. The molecule has 3 rings (SSSR count). The molecule has 1 saturated heterocycles. The van der Waals surface area contributed by atoms with Gasteiger partial charge in [-0.2, -0.15) is 5.26 Å². The van der Waals surface area contributed by atoms with Gasteiger partial charge in [-0.15, -0.1) is 0 Å². The van der Waals surface area contributed by atoms with Crippen molar-refractivity contribution in [3.8, 4) is 22.9 Å². The fourth-order valence-corrected chi connectivity index (χ4v) is 3.87. The van der Waals surface area contributed by atoms with Crippen molar-refractivity contribution in [2.75, 3.05) is 33.3 Å². The molecule has 1 aliphatic rings. The molecule has 0 unspecified atom stereocenters.